The van der Waals surface area contributed by atoms with E-state index in [-0.39, 0.29) is 17.8 Å². The van der Waals surface area contributed by atoms with Crippen molar-refractivity contribution in [3.63, 3.8) is 0 Å². The zero-order valence-corrected chi connectivity index (χ0v) is 15.1. The number of ether oxygens (including phenoxy) is 2. The lowest BCUT2D eigenvalue weighted by Crippen LogP contribution is -2.41. The van der Waals surface area contributed by atoms with Crippen LogP contribution in [0.1, 0.15) is 36.5 Å². The summed E-state index contributed by atoms with van der Waals surface area (Å²) in [4.78, 5) is 26.2. The fourth-order valence-electron chi connectivity index (χ4n) is 3.08. The molecule has 1 aromatic carbocycles. The number of aryl methyl sites for hydroxylation is 2. The van der Waals surface area contributed by atoms with Crippen LogP contribution in [0, 0.1) is 19.8 Å². The Morgan fingerprint density at radius 1 is 1.17 bits per heavy atom. The predicted octanol–water partition coefficient (Wildman–Crippen LogP) is 2.66. The summed E-state index contributed by atoms with van der Waals surface area (Å²) in [5.41, 5.74) is 3.22. The first-order chi connectivity index (χ1) is 11.5. The average Bonchev–Trinajstić information content (AvgIpc) is 2.58. The van der Waals surface area contributed by atoms with E-state index in [1.165, 1.54) is 0 Å². The number of piperidine rings is 1. The molecule has 0 spiro atoms. The number of methoxy groups -OCH3 is 1. The van der Waals surface area contributed by atoms with Crippen LogP contribution in [0.4, 0.5) is 0 Å². The number of carbonyl (C=O) groups excluding carboxylic acids is 2. The number of benzene rings is 1. The minimum absolute atomic E-state index is 0.0786. The van der Waals surface area contributed by atoms with E-state index >= 15 is 0 Å². The first-order valence-corrected chi connectivity index (χ1v) is 8.54. The maximum Gasteiger partial charge on any atom is 0.309 e. The molecule has 0 N–H and O–H groups in total. The fraction of sp³-hybridized carbons (Fsp3) is 0.579. The van der Waals surface area contributed by atoms with Gasteiger partial charge in [0, 0.05) is 18.7 Å². The monoisotopic (exact) mass is 333 g/mol. The molecule has 1 fully saturated rings. The molecule has 0 radical (unpaired) electrons. The van der Waals surface area contributed by atoms with Gasteiger partial charge in [0.25, 0.3) is 0 Å². The minimum atomic E-state index is -0.138. The molecule has 0 unspecified atom stereocenters. The Labute approximate surface area is 143 Å². The van der Waals surface area contributed by atoms with Crippen molar-refractivity contribution >= 4 is 11.9 Å². The van der Waals surface area contributed by atoms with Gasteiger partial charge in [0.05, 0.1) is 26.1 Å². The second-order valence-electron chi connectivity index (χ2n) is 6.33. The van der Waals surface area contributed by atoms with Crippen molar-refractivity contribution in [3.8, 4) is 5.75 Å². The molecule has 1 aliphatic rings. The van der Waals surface area contributed by atoms with E-state index in [4.69, 9.17) is 9.47 Å². The number of esters is 1. The molecule has 24 heavy (non-hydrogen) atoms. The lowest BCUT2D eigenvalue weighted by molar-refractivity contribution is -0.151. The van der Waals surface area contributed by atoms with Crippen LogP contribution < -0.4 is 4.74 Å². The third kappa shape index (κ3) is 4.28. The molecule has 0 saturated carbocycles. The standard InChI is InChI=1S/C19H27NO4/c1-5-24-19(22)15-6-8-20(9-7-15)18(21)12-16-10-13(2)14(3)11-17(16)23-4/h10-11,15H,5-9,12H2,1-4H3. The first kappa shape index (κ1) is 18.3. The number of likely N-dealkylation sites (tertiary alicyclic amines) is 1. The van der Waals surface area contributed by atoms with Crippen molar-refractivity contribution in [1.82, 2.24) is 4.90 Å². The van der Waals surface area contributed by atoms with Gasteiger partial charge in [-0.15, -0.1) is 0 Å². The number of nitrogens with zero attached hydrogens (tertiary/aromatic N) is 1. The topological polar surface area (TPSA) is 55.8 Å². The molecule has 2 rings (SSSR count). The molecule has 0 bridgehead atoms. The van der Waals surface area contributed by atoms with E-state index in [1.807, 2.05) is 37.8 Å². The van der Waals surface area contributed by atoms with Crippen LogP contribution in [0.25, 0.3) is 0 Å². The second-order valence-corrected chi connectivity index (χ2v) is 6.33. The maximum absolute atomic E-state index is 12.6. The summed E-state index contributed by atoms with van der Waals surface area (Å²) >= 11 is 0. The normalized spacial score (nSPS) is 15.2. The molecule has 1 amide bonds. The molecular weight excluding hydrogens is 306 g/mol. The Bertz CT molecular complexity index is 604. The number of hydrogen-bond acceptors (Lipinski definition) is 4. The second kappa shape index (κ2) is 8.18. The van der Waals surface area contributed by atoms with Gasteiger partial charge in [-0.3, -0.25) is 9.59 Å². The Kier molecular flexibility index (Phi) is 6.23. The van der Waals surface area contributed by atoms with Crippen LogP contribution in [0.5, 0.6) is 5.75 Å². The van der Waals surface area contributed by atoms with Gasteiger partial charge < -0.3 is 14.4 Å². The molecule has 1 aliphatic heterocycles. The van der Waals surface area contributed by atoms with E-state index in [1.54, 1.807) is 7.11 Å². The van der Waals surface area contributed by atoms with E-state index in [2.05, 4.69) is 0 Å². The van der Waals surface area contributed by atoms with Crippen LogP contribution in [-0.2, 0) is 20.7 Å². The molecule has 1 aromatic rings. The Hall–Kier alpha value is -2.04. The largest absolute Gasteiger partial charge is 0.496 e. The maximum atomic E-state index is 12.6. The van der Waals surface area contributed by atoms with E-state index in [0.717, 1.165) is 22.4 Å². The van der Waals surface area contributed by atoms with Crippen molar-refractivity contribution in [3.05, 3.63) is 28.8 Å². The highest BCUT2D eigenvalue weighted by molar-refractivity contribution is 5.80. The summed E-state index contributed by atoms with van der Waals surface area (Å²) in [7, 11) is 1.63. The summed E-state index contributed by atoms with van der Waals surface area (Å²) in [5, 5.41) is 0. The summed E-state index contributed by atoms with van der Waals surface area (Å²) in [6, 6.07) is 4.00. The van der Waals surface area contributed by atoms with E-state index in [9.17, 15) is 9.59 Å². The number of rotatable bonds is 5. The van der Waals surface area contributed by atoms with Crippen molar-refractivity contribution in [2.45, 2.75) is 40.0 Å². The summed E-state index contributed by atoms with van der Waals surface area (Å²) in [5.74, 6) is 0.623. The molecule has 5 heteroatoms. The van der Waals surface area contributed by atoms with Gasteiger partial charge in [0.2, 0.25) is 5.91 Å². The van der Waals surface area contributed by atoms with Crippen molar-refractivity contribution < 1.29 is 19.1 Å². The smallest absolute Gasteiger partial charge is 0.309 e. The zero-order chi connectivity index (χ0) is 17.7. The highest BCUT2D eigenvalue weighted by Gasteiger charge is 2.28. The Morgan fingerprint density at radius 2 is 1.79 bits per heavy atom. The third-order valence-electron chi connectivity index (χ3n) is 4.71. The predicted molar refractivity (Wildman–Crippen MR) is 92.1 cm³/mol. The quantitative estimate of drug-likeness (QED) is 0.778. The highest BCUT2D eigenvalue weighted by Crippen LogP contribution is 2.25. The number of hydrogen-bond donors (Lipinski definition) is 0. The molecule has 5 nitrogen and oxygen atoms in total. The van der Waals surface area contributed by atoms with Crippen molar-refractivity contribution in [2.75, 3.05) is 26.8 Å². The minimum Gasteiger partial charge on any atom is -0.496 e. The fourth-order valence-corrected chi connectivity index (χ4v) is 3.08. The molecular formula is C19H27NO4. The van der Waals surface area contributed by atoms with Crippen LogP contribution in [0.3, 0.4) is 0 Å². The van der Waals surface area contributed by atoms with E-state index in [0.29, 0.717) is 39.0 Å². The Balaban J connectivity index is 1.97. The molecule has 1 saturated heterocycles. The number of carbonyl (C=O) groups is 2. The van der Waals surface area contributed by atoms with Crippen molar-refractivity contribution in [2.24, 2.45) is 5.92 Å². The van der Waals surface area contributed by atoms with Crippen LogP contribution >= 0.6 is 0 Å². The summed E-state index contributed by atoms with van der Waals surface area (Å²) in [6.07, 6.45) is 1.68. The lowest BCUT2D eigenvalue weighted by atomic mass is 9.96. The third-order valence-corrected chi connectivity index (χ3v) is 4.71. The summed E-state index contributed by atoms with van der Waals surface area (Å²) in [6.45, 7) is 7.50. The molecule has 0 aliphatic carbocycles. The van der Waals surface area contributed by atoms with Gasteiger partial charge in [-0.2, -0.15) is 0 Å². The molecule has 132 valence electrons. The van der Waals surface area contributed by atoms with Crippen LogP contribution in [0.15, 0.2) is 12.1 Å². The number of amides is 1. The SMILES string of the molecule is CCOC(=O)C1CCN(C(=O)Cc2cc(C)c(C)cc2OC)CC1. The van der Waals surface area contributed by atoms with Crippen molar-refractivity contribution in [1.29, 1.82) is 0 Å². The first-order valence-electron chi connectivity index (χ1n) is 8.54. The molecule has 0 atom stereocenters. The van der Waals surface area contributed by atoms with Gasteiger partial charge in [-0.25, -0.2) is 0 Å². The molecule has 1 heterocycles. The lowest BCUT2D eigenvalue weighted by Gasteiger charge is -2.31. The van der Waals surface area contributed by atoms with Crippen LogP contribution in [-0.4, -0.2) is 43.6 Å². The highest BCUT2D eigenvalue weighted by atomic mass is 16.5. The van der Waals surface area contributed by atoms with Gasteiger partial charge in [0.1, 0.15) is 5.75 Å². The Morgan fingerprint density at radius 3 is 2.38 bits per heavy atom. The zero-order valence-electron chi connectivity index (χ0n) is 15.1. The van der Waals surface area contributed by atoms with Gasteiger partial charge >= 0.3 is 5.97 Å². The van der Waals surface area contributed by atoms with Gasteiger partial charge in [-0.05, 0) is 50.8 Å². The molecule has 0 aromatic heterocycles. The van der Waals surface area contributed by atoms with Crippen LogP contribution in [0.2, 0.25) is 0 Å². The van der Waals surface area contributed by atoms with Gasteiger partial charge in [0.15, 0.2) is 0 Å². The summed E-state index contributed by atoms with van der Waals surface area (Å²) < 4.78 is 10.5. The van der Waals surface area contributed by atoms with Gasteiger partial charge in [-0.1, -0.05) is 6.07 Å². The van der Waals surface area contributed by atoms with E-state index < -0.39 is 0 Å². The average molecular weight is 333 g/mol.